The van der Waals surface area contributed by atoms with E-state index in [-0.39, 0.29) is 0 Å². The summed E-state index contributed by atoms with van der Waals surface area (Å²) in [7, 11) is 1.98. The lowest BCUT2D eigenvalue weighted by molar-refractivity contribution is 0.255. The molecule has 0 heterocycles. The van der Waals surface area contributed by atoms with E-state index in [0.29, 0.717) is 19.8 Å². The topological polar surface area (TPSA) is 46.1 Å². The van der Waals surface area contributed by atoms with Crippen LogP contribution in [0.15, 0.2) is 107 Å². The van der Waals surface area contributed by atoms with Crippen molar-refractivity contribution < 1.29 is 9.47 Å². The van der Waals surface area contributed by atoms with Crippen molar-refractivity contribution in [1.29, 1.82) is 0 Å². The Balaban J connectivity index is 1.89. The maximum absolute atomic E-state index is 6.31. The zero-order valence-electron chi connectivity index (χ0n) is 23.2. The molecule has 0 unspecified atom stereocenters. The third-order valence-electron chi connectivity index (χ3n) is 6.25. The molecular formula is C33H41N3O2. The number of rotatable bonds is 15. The number of nitrogens with one attached hydrogen (secondary N) is 1. The van der Waals surface area contributed by atoms with E-state index < -0.39 is 0 Å². The van der Waals surface area contributed by atoms with E-state index in [9.17, 15) is 0 Å². The summed E-state index contributed by atoms with van der Waals surface area (Å²) in [5.41, 5.74) is 5.90. The molecule has 3 aromatic carbocycles. The standard InChI is InChI=1S/C33H41N3O2/c1-5-7-21-35-36(31(20-22-34-4)27(3)6-2)24-30-18-19-32(37-25-28-14-10-8-11-15-28)33(23-30)38-26-29-16-12-9-13-17-29/h5,7-19,21,23,34H,6,20,22,24-26H2,1-4H3/b7-5+,31-27+,35-21+. The van der Waals surface area contributed by atoms with Crippen LogP contribution in [0.2, 0.25) is 0 Å². The van der Waals surface area contributed by atoms with E-state index in [0.717, 1.165) is 47.6 Å². The lowest BCUT2D eigenvalue weighted by atomic mass is 10.1. The molecule has 0 saturated carbocycles. The van der Waals surface area contributed by atoms with Gasteiger partial charge in [0.2, 0.25) is 0 Å². The van der Waals surface area contributed by atoms with Crippen LogP contribution in [0.25, 0.3) is 0 Å². The summed E-state index contributed by atoms with van der Waals surface area (Å²) in [6.07, 6.45) is 7.68. The molecule has 0 atom stereocenters. The minimum Gasteiger partial charge on any atom is -0.485 e. The van der Waals surface area contributed by atoms with Crippen molar-refractivity contribution in [2.45, 2.75) is 53.4 Å². The molecule has 38 heavy (non-hydrogen) atoms. The Kier molecular flexibility index (Phi) is 12.2. The van der Waals surface area contributed by atoms with Gasteiger partial charge in [-0.1, -0.05) is 85.3 Å². The maximum Gasteiger partial charge on any atom is 0.162 e. The second-order valence-electron chi connectivity index (χ2n) is 9.11. The van der Waals surface area contributed by atoms with E-state index in [1.807, 2.05) is 74.8 Å². The summed E-state index contributed by atoms with van der Waals surface area (Å²) in [5.74, 6) is 1.46. The summed E-state index contributed by atoms with van der Waals surface area (Å²) in [5, 5.41) is 10.2. The molecule has 3 rings (SSSR count). The summed E-state index contributed by atoms with van der Waals surface area (Å²) in [4.78, 5) is 0. The van der Waals surface area contributed by atoms with Gasteiger partial charge in [-0.05, 0) is 62.2 Å². The van der Waals surface area contributed by atoms with Crippen molar-refractivity contribution in [3.63, 3.8) is 0 Å². The van der Waals surface area contributed by atoms with Gasteiger partial charge in [0, 0.05) is 24.9 Å². The Morgan fingerprint density at radius 2 is 1.50 bits per heavy atom. The Morgan fingerprint density at radius 1 is 0.868 bits per heavy atom. The number of hydrogen-bond donors (Lipinski definition) is 1. The van der Waals surface area contributed by atoms with Crippen molar-refractivity contribution in [2.24, 2.45) is 5.10 Å². The van der Waals surface area contributed by atoms with Gasteiger partial charge in [-0.3, -0.25) is 5.01 Å². The normalized spacial score (nSPS) is 12.1. The number of hydrogen-bond acceptors (Lipinski definition) is 5. The van der Waals surface area contributed by atoms with Crippen molar-refractivity contribution in [1.82, 2.24) is 10.3 Å². The quantitative estimate of drug-likeness (QED) is 0.169. The lowest BCUT2D eigenvalue weighted by Crippen LogP contribution is -2.22. The predicted molar refractivity (Wildman–Crippen MR) is 158 cm³/mol. The molecule has 200 valence electrons. The highest BCUT2D eigenvalue weighted by molar-refractivity contribution is 5.70. The van der Waals surface area contributed by atoms with Crippen LogP contribution in [0, 0.1) is 0 Å². The molecule has 3 aromatic rings. The average Bonchev–Trinajstić information content (AvgIpc) is 2.96. The first-order chi connectivity index (χ1) is 18.6. The molecule has 0 aliphatic rings. The lowest BCUT2D eigenvalue weighted by Gasteiger charge is -2.25. The van der Waals surface area contributed by atoms with Gasteiger partial charge in [0.1, 0.15) is 13.2 Å². The summed E-state index contributed by atoms with van der Waals surface area (Å²) in [6.45, 7) is 8.85. The second kappa shape index (κ2) is 16.1. The minimum absolute atomic E-state index is 0.470. The molecule has 0 saturated heterocycles. The Morgan fingerprint density at radius 3 is 2.08 bits per heavy atom. The third kappa shape index (κ3) is 9.24. The molecule has 5 heteroatoms. The molecule has 0 spiro atoms. The molecule has 0 radical (unpaired) electrons. The number of ether oxygens (including phenoxy) is 2. The first kappa shape index (κ1) is 28.7. The number of benzene rings is 3. The van der Waals surface area contributed by atoms with E-state index in [1.165, 1.54) is 11.3 Å². The molecule has 0 aliphatic carbocycles. The van der Waals surface area contributed by atoms with Crippen LogP contribution in [0.5, 0.6) is 11.5 Å². The second-order valence-corrected chi connectivity index (χ2v) is 9.11. The molecular weight excluding hydrogens is 470 g/mol. The zero-order valence-corrected chi connectivity index (χ0v) is 23.2. The highest BCUT2D eigenvalue weighted by atomic mass is 16.5. The van der Waals surface area contributed by atoms with Gasteiger partial charge in [-0.15, -0.1) is 0 Å². The average molecular weight is 512 g/mol. The third-order valence-corrected chi connectivity index (χ3v) is 6.25. The van der Waals surface area contributed by atoms with Crippen molar-refractivity contribution >= 4 is 6.21 Å². The molecule has 5 nitrogen and oxygen atoms in total. The zero-order chi connectivity index (χ0) is 27.0. The Hall–Kier alpha value is -3.83. The first-order valence-electron chi connectivity index (χ1n) is 13.4. The van der Waals surface area contributed by atoms with Gasteiger partial charge >= 0.3 is 0 Å². The van der Waals surface area contributed by atoms with Gasteiger partial charge in [-0.2, -0.15) is 5.10 Å². The van der Waals surface area contributed by atoms with Crippen LogP contribution in [0.4, 0.5) is 0 Å². The maximum atomic E-state index is 6.31. The van der Waals surface area contributed by atoms with Gasteiger partial charge < -0.3 is 14.8 Å². The van der Waals surface area contributed by atoms with Gasteiger partial charge in [0.05, 0.1) is 6.54 Å². The fraction of sp³-hybridized carbons (Fsp3) is 0.303. The Labute approximate surface area is 228 Å². The smallest absolute Gasteiger partial charge is 0.162 e. The fourth-order valence-electron chi connectivity index (χ4n) is 3.95. The number of hydrazone groups is 1. The van der Waals surface area contributed by atoms with Crippen molar-refractivity contribution in [3.8, 4) is 11.5 Å². The van der Waals surface area contributed by atoms with Gasteiger partial charge in [0.25, 0.3) is 0 Å². The van der Waals surface area contributed by atoms with Crippen LogP contribution in [-0.2, 0) is 19.8 Å². The summed E-state index contributed by atoms with van der Waals surface area (Å²) < 4.78 is 12.5. The van der Waals surface area contributed by atoms with Crippen LogP contribution < -0.4 is 14.8 Å². The van der Waals surface area contributed by atoms with Crippen LogP contribution >= 0.6 is 0 Å². The molecule has 0 bridgehead atoms. The highest BCUT2D eigenvalue weighted by Gasteiger charge is 2.15. The van der Waals surface area contributed by atoms with Crippen LogP contribution in [0.1, 0.15) is 50.3 Å². The van der Waals surface area contributed by atoms with Crippen LogP contribution in [-0.4, -0.2) is 24.8 Å². The van der Waals surface area contributed by atoms with Crippen molar-refractivity contribution in [2.75, 3.05) is 13.6 Å². The molecule has 0 aliphatic heterocycles. The number of allylic oxidation sites excluding steroid dienone is 3. The first-order valence-corrected chi connectivity index (χ1v) is 13.4. The molecule has 0 fully saturated rings. The largest absolute Gasteiger partial charge is 0.485 e. The SMILES string of the molecule is C/C=C/C=N/N(Cc1ccc(OCc2ccccc2)c(OCc2ccccc2)c1)/C(CCNC)=C(\C)CC. The van der Waals surface area contributed by atoms with Gasteiger partial charge in [-0.25, -0.2) is 0 Å². The van der Waals surface area contributed by atoms with Crippen LogP contribution in [0.3, 0.4) is 0 Å². The van der Waals surface area contributed by atoms with E-state index in [2.05, 4.69) is 60.6 Å². The Bertz CT molecular complexity index is 1190. The van der Waals surface area contributed by atoms with E-state index in [4.69, 9.17) is 14.6 Å². The summed E-state index contributed by atoms with van der Waals surface area (Å²) in [6, 6.07) is 26.6. The van der Waals surface area contributed by atoms with E-state index in [1.54, 1.807) is 0 Å². The minimum atomic E-state index is 0.470. The molecule has 1 N–H and O–H groups in total. The fourth-order valence-corrected chi connectivity index (χ4v) is 3.95. The highest BCUT2D eigenvalue weighted by Crippen LogP contribution is 2.31. The predicted octanol–water partition coefficient (Wildman–Crippen LogP) is 7.50. The monoisotopic (exact) mass is 511 g/mol. The molecule has 0 amide bonds. The van der Waals surface area contributed by atoms with Gasteiger partial charge in [0.15, 0.2) is 11.5 Å². The molecule has 0 aromatic heterocycles. The van der Waals surface area contributed by atoms with Crippen molar-refractivity contribution in [3.05, 3.63) is 119 Å². The summed E-state index contributed by atoms with van der Waals surface area (Å²) >= 11 is 0. The van der Waals surface area contributed by atoms with E-state index >= 15 is 0 Å². The number of nitrogens with zero attached hydrogens (tertiary/aromatic N) is 2.